The molecular weight excluding hydrogens is 464 g/mol. The SMILES string of the molecule is CC(C)CCN1C(=O)C(C2=NS(=O)(=O)c3cc(CCC(N)=O)ccc3N2)C(=O)c2sccc21. The molecule has 33 heavy (non-hydrogen) atoms. The third-order valence-corrected chi connectivity index (χ3v) is 7.85. The minimum absolute atomic E-state index is 0.0718. The van der Waals surface area contributed by atoms with Crippen molar-refractivity contribution in [3.05, 3.63) is 40.1 Å². The average molecular weight is 489 g/mol. The van der Waals surface area contributed by atoms with Crippen LogP contribution < -0.4 is 16.0 Å². The normalized spacial score (nSPS) is 19.1. The second kappa shape index (κ2) is 8.71. The number of rotatable bonds is 7. The van der Waals surface area contributed by atoms with Crippen LogP contribution in [0.3, 0.4) is 0 Å². The summed E-state index contributed by atoms with van der Waals surface area (Å²) in [4.78, 5) is 39.5. The Morgan fingerprint density at radius 1 is 1.27 bits per heavy atom. The minimum atomic E-state index is -4.17. The van der Waals surface area contributed by atoms with E-state index in [4.69, 9.17) is 5.73 Å². The topological polar surface area (TPSA) is 139 Å². The van der Waals surface area contributed by atoms with Gasteiger partial charge in [-0.2, -0.15) is 8.42 Å². The van der Waals surface area contributed by atoms with Crippen LogP contribution in [-0.2, 0) is 26.0 Å². The number of thiophene rings is 1. The molecule has 0 saturated heterocycles. The molecule has 0 aliphatic carbocycles. The largest absolute Gasteiger partial charge is 0.370 e. The predicted molar refractivity (Wildman–Crippen MR) is 126 cm³/mol. The van der Waals surface area contributed by atoms with Gasteiger partial charge in [-0.05, 0) is 47.9 Å². The molecule has 0 saturated carbocycles. The average Bonchev–Trinajstić information content (AvgIpc) is 3.22. The smallest absolute Gasteiger partial charge is 0.286 e. The van der Waals surface area contributed by atoms with Gasteiger partial charge in [-0.25, -0.2) is 0 Å². The van der Waals surface area contributed by atoms with E-state index in [0.29, 0.717) is 35.0 Å². The molecule has 1 unspecified atom stereocenters. The molecule has 3 N–H and O–H groups in total. The molecule has 3 heterocycles. The van der Waals surface area contributed by atoms with Crippen molar-refractivity contribution in [2.24, 2.45) is 22.0 Å². The summed E-state index contributed by atoms with van der Waals surface area (Å²) in [6.45, 7) is 4.50. The summed E-state index contributed by atoms with van der Waals surface area (Å²) < 4.78 is 29.8. The Labute approximate surface area is 195 Å². The molecule has 1 aromatic carbocycles. The number of carbonyl (C=O) groups excluding carboxylic acids is 3. The summed E-state index contributed by atoms with van der Waals surface area (Å²) in [6.07, 6.45) is 1.11. The molecule has 11 heteroatoms. The summed E-state index contributed by atoms with van der Waals surface area (Å²) in [5, 5.41) is 4.65. The molecule has 4 rings (SSSR count). The van der Waals surface area contributed by atoms with Gasteiger partial charge in [0.1, 0.15) is 10.7 Å². The lowest BCUT2D eigenvalue weighted by atomic mass is 9.93. The monoisotopic (exact) mass is 488 g/mol. The standard InChI is InChI=1S/C22H24N4O5S2/c1-12(2)7-9-26-15-8-10-32-20(15)19(28)18(22(26)29)21-24-14-5-3-13(4-6-17(23)27)11-16(14)33(30,31)25-21/h3,5,8,10-12,18H,4,6-7,9H2,1-2H3,(H2,23,27)(H,24,25). The van der Waals surface area contributed by atoms with Gasteiger partial charge in [-0.1, -0.05) is 19.9 Å². The van der Waals surface area contributed by atoms with Gasteiger partial charge in [-0.3, -0.25) is 14.4 Å². The number of benzene rings is 1. The number of hydrogen-bond acceptors (Lipinski definition) is 7. The first-order valence-electron chi connectivity index (χ1n) is 10.5. The number of nitrogens with one attached hydrogen (secondary N) is 1. The van der Waals surface area contributed by atoms with Gasteiger partial charge in [0.15, 0.2) is 11.7 Å². The van der Waals surface area contributed by atoms with E-state index < -0.39 is 33.5 Å². The van der Waals surface area contributed by atoms with Gasteiger partial charge in [0.25, 0.3) is 10.0 Å². The molecule has 1 atom stereocenters. The number of nitrogens with two attached hydrogens (primary N) is 1. The number of ketones is 1. The fourth-order valence-electron chi connectivity index (χ4n) is 3.85. The highest BCUT2D eigenvalue weighted by atomic mass is 32.2. The van der Waals surface area contributed by atoms with Crippen LogP contribution in [0.5, 0.6) is 0 Å². The fourth-order valence-corrected chi connectivity index (χ4v) is 5.92. The third kappa shape index (κ3) is 4.42. The van der Waals surface area contributed by atoms with Crippen LogP contribution >= 0.6 is 11.3 Å². The Morgan fingerprint density at radius 3 is 2.73 bits per heavy atom. The number of fused-ring (bicyclic) bond motifs is 2. The summed E-state index contributed by atoms with van der Waals surface area (Å²) in [5.74, 6) is -2.66. The van der Waals surface area contributed by atoms with E-state index >= 15 is 0 Å². The highest BCUT2D eigenvalue weighted by Crippen LogP contribution is 2.38. The van der Waals surface area contributed by atoms with Crippen molar-refractivity contribution in [2.45, 2.75) is 38.0 Å². The molecule has 9 nitrogen and oxygen atoms in total. The molecule has 0 fully saturated rings. The number of amides is 2. The number of nitrogens with zero attached hydrogens (tertiary/aromatic N) is 2. The van der Waals surface area contributed by atoms with E-state index in [1.54, 1.807) is 28.5 Å². The number of primary amides is 1. The lowest BCUT2D eigenvalue weighted by Gasteiger charge is -2.33. The maximum Gasteiger partial charge on any atom is 0.286 e. The van der Waals surface area contributed by atoms with Crippen LogP contribution in [0, 0.1) is 11.8 Å². The molecule has 2 amide bonds. The Morgan fingerprint density at radius 2 is 2.03 bits per heavy atom. The number of Topliss-reactive ketones (excluding diaryl/α,β-unsaturated/α-hetero) is 1. The van der Waals surface area contributed by atoms with Crippen molar-refractivity contribution in [2.75, 3.05) is 16.8 Å². The van der Waals surface area contributed by atoms with Gasteiger partial charge in [0, 0.05) is 13.0 Å². The first-order valence-corrected chi connectivity index (χ1v) is 12.9. The summed E-state index contributed by atoms with van der Waals surface area (Å²) in [5.41, 5.74) is 6.58. The zero-order valence-electron chi connectivity index (χ0n) is 18.2. The van der Waals surface area contributed by atoms with Crippen LogP contribution in [0.25, 0.3) is 0 Å². The molecule has 1 aromatic heterocycles. The molecule has 2 aliphatic rings. The van der Waals surface area contributed by atoms with E-state index in [2.05, 4.69) is 9.71 Å². The number of aryl methyl sites for hydroxylation is 1. The van der Waals surface area contributed by atoms with E-state index in [0.717, 1.165) is 6.42 Å². The highest BCUT2D eigenvalue weighted by molar-refractivity contribution is 7.90. The van der Waals surface area contributed by atoms with E-state index in [9.17, 15) is 22.8 Å². The van der Waals surface area contributed by atoms with Crippen molar-refractivity contribution in [1.82, 2.24) is 0 Å². The predicted octanol–water partition coefficient (Wildman–Crippen LogP) is 2.57. The second-order valence-corrected chi connectivity index (χ2v) is 11.0. The van der Waals surface area contributed by atoms with Crippen molar-refractivity contribution in [3.8, 4) is 0 Å². The Hall–Kier alpha value is -3.05. The number of carbonyl (C=O) groups is 3. The minimum Gasteiger partial charge on any atom is -0.370 e. The van der Waals surface area contributed by atoms with E-state index in [1.165, 1.54) is 17.4 Å². The fraction of sp³-hybridized carbons (Fsp3) is 0.364. The maximum absolute atomic E-state index is 13.4. The second-order valence-electron chi connectivity index (χ2n) is 8.48. The van der Waals surface area contributed by atoms with E-state index in [1.807, 2.05) is 13.8 Å². The van der Waals surface area contributed by atoms with Crippen molar-refractivity contribution < 1.29 is 22.8 Å². The van der Waals surface area contributed by atoms with Crippen LogP contribution in [0.2, 0.25) is 0 Å². The van der Waals surface area contributed by atoms with Crippen LogP contribution in [0.4, 0.5) is 11.4 Å². The number of sulfonamides is 1. The van der Waals surface area contributed by atoms with Gasteiger partial charge < -0.3 is 16.0 Å². The first-order chi connectivity index (χ1) is 15.6. The molecule has 2 aromatic rings. The van der Waals surface area contributed by atoms with E-state index in [-0.39, 0.29) is 22.8 Å². The highest BCUT2D eigenvalue weighted by Gasteiger charge is 2.45. The summed E-state index contributed by atoms with van der Waals surface area (Å²) >= 11 is 1.22. The van der Waals surface area contributed by atoms with Gasteiger partial charge in [0.05, 0.1) is 16.3 Å². The third-order valence-electron chi connectivity index (χ3n) is 5.60. The van der Waals surface area contributed by atoms with Crippen molar-refractivity contribution >= 4 is 56.2 Å². The number of amidine groups is 1. The first kappa shape index (κ1) is 23.1. The molecule has 0 bridgehead atoms. The number of hydrogen-bond donors (Lipinski definition) is 2. The zero-order valence-corrected chi connectivity index (χ0v) is 19.8. The lowest BCUT2D eigenvalue weighted by Crippen LogP contribution is -2.50. The number of anilines is 2. The summed E-state index contributed by atoms with van der Waals surface area (Å²) in [6, 6.07) is 6.38. The van der Waals surface area contributed by atoms with Crippen LogP contribution in [0.15, 0.2) is 38.9 Å². The molecular formula is C22H24N4O5S2. The van der Waals surface area contributed by atoms with Gasteiger partial charge in [0.2, 0.25) is 11.8 Å². The van der Waals surface area contributed by atoms with Crippen LogP contribution in [0.1, 0.15) is 41.9 Å². The Kier molecular flexibility index (Phi) is 6.10. The summed E-state index contributed by atoms with van der Waals surface area (Å²) in [7, 11) is -4.17. The Bertz CT molecular complexity index is 1280. The van der Waals surface area contributed by atoms with Crippen LogP contribution in [-0.4, -0.2) is 38.4 Å². The van der Waals surface area contributed by atoms with Gasteiger partial charge in [-0.15, -0.1) is 15.7 Å². The Balaban J connectivity index is 1.69. The lowest BCUT2D eigenvalue weighted by molar-refractivity contribution is -0.120. The molecule has 0 radical (unpaired) electrons. The zero-order chi connectivity index (χ0) is 23.9. The van der Waals surface area contributed by atoms with Gasteiger partial charge >= 0.3 is 0 Å². The quantitative estimate of drug-likeness (QED) is 0.574. The van der Waals surface area contributed by atoms with Crippen molar-refractivity contribution in [3.63, 3.8) is 0 Å². The molecule has 2 aliphatic heterocycles. The van der Waals surface area contributed by atoms with Crippen molar-refractivity contribution in [1.29, 1.82) is 0 Å². The molecule has 0 spiro atoms. The molecule has 174 valence electrons. The maximum atomic E-state index is 13.4.